The summed E-state index contributed by atoms with van der Waals surface area (Å²) >= 11 is 4.48. The van der Waals surface area contributed by atoms with Crippen molar-refractivity contribution in [3.63, 3.8) is 0 Å². The van der Waals surface area contributed by atoms with E-state index in [4.69, 9.17) is 0 Å². The Bertz CT molecular complexity index is 912. The van der Waals surface area contributed by atoms with Gasteiger partial charge in [-0.15, -0.1) is 0 Å². The molecule has 0 saturated carbocycles. The van der Waals surface area contributed by atoms with Gasteiger partial charge in [0.2, 0.25) is 0 Å². The van der Waals surface area contributed by atoms with Gasteiger partial charge in [-0.25, -0.2) is 0 Å². The smallest absolute Gasteiger partial charge is 0.123 e. The Morgan fingerprint density at radius 3 is 1.67 bits per heavy atom. The fourth-order valence-electron chi connectivity index (χ4n) is 3.68. The molecule has 0 atom stereocenters. The van der Waals surface area contributed by atoms with Gasteiger partial charge in [-0.3, -0.25) is 0 Å². The van der Waals surface area contributed by atoms with Crippen molar-refractivity contribution in [2.45, 2.75) is 44.3 Å². The first kappa shape index (κ1) is 19.6. The molecule has 0 radical (unpaired) electrons. The molecule has 2 heteroatoms. The van der Waals surface area contributed by atoms with Crippen LogP contribution < -0.4 is 0 Å². The molecule has 0 aliphatic rings. The minimum absolute atomic E-state index is 0.172. The number of phenols is 1. The Hall–Kier alpha value is -2.19. The first-order chi connectivity index (χ1) is 12.8. The highest BCUT2D eigenvalue weighted by Gasteiger charge is 2.31. The molecule has 0 aromatic heterocycles. The van der Waals surface area contributed by atoms with Crippen LogP contribution in [0.4, 0.5) is 0 Å². The molecule has 0 saturated heterocycles. The number of rotatable bonds is 5. The third-order valence-electron chi connectivity index (χ3n) is 5.75. The second-order valence-corrected chi connectivity index (χ2v) is 8.49. The SMILES string of the molecule is CC(C)(c1ccccc1)c1cc(CS)c(O)c(C(C)(C)c2ccccc2)c1. The van der Waals surface area contributed by atoms with Gasteiger partial charge in [0.15, 0.2) is 0 Å². The minimum atomic E-state index is -0.314. The van der Waals surface area contributed by atoms with Crippen molar-refractivity contribution in [3.8, 4) is 5.75 Å². The van der Waals surface area contributed by atoms with Gasteiger partial charge in [0.1, 0.15) is 5.75 Å². The van der Waals surface area contributed by atoms with E-state index in [2.05, 4.69) is 88.9 Å². The van der Waals surface area contributed by atoms with Crippen LogP contribution in [0.5, 0.6) is 5.75 Å². The van der Waals surface area contributed by atoms with Crippen molar-refractivity contribution in [2.24, 2.45) is 0 Å². The summed E-state index contributed by atoms with van der Waals surface area (Å²) in [5.74, 6) is 0.856. The minimum Gasteiger partial charge on any atom is -0.507 e. The van der Waals surface area contributed by atoms with Crippen molar-refractivity contribution in [1.82, 2.24) is 0 Å². The lowest BCUT2D eigenvalue weighted by atomic mass is 9.72. The molecule has 0 aliphatic carbocycles. The van der Waals surface area contributed by atoms with E-state index >= 15 is 0 Å². The summed E-state index contributed by atoms with van der Waals surface area (Å²) in [6.45, 7) is 8.80. The van der Waals surface area contributed by atoms with E-state index in [1.165, 1.54) is 16.7 Å². The molecule has 0 amide bonds. The molecule has 140 valence electrons. The molecule has 27 heavy (non-hydrogen) atoms. The fourth-order valence-corrected chi connectivity index (χ4v) is 3.93. The topological polar surface area (TPSA) is 20.2 Å². The van der Waals surface area contributed by atoms with E-state index in [1.54, 1.807) is 0 Å². The molecule has 0 heterocycles. The zero-order chi connectivity index (χ0) is 19.7. The van der Waals surface area contributed by atoms with Crippen molar-refractivity contribution >= 4 is 12.6 Å². The van der Waals surface area contributed by atoms with Crippen LogP contribution in [0.1, 0.15) is 55.5 Å². The van der Waals surface area contributed by atoms with Crippen LogP contribution in [-0.4, -0.2) is 5.11 Å². The van der Waals surface area contributed by atoms with Gasteiger partial charge in [-0.1, -0.05) is 100 Å². The molecule has 0 fully saturated rings. The zero-order valence-electron chi connectivity index (χ0n) is 16.5. The Kier molecular flexibility index (Phi) is 5.39. The summed E-state index contributed by atoms with van der Waals surface area (Å²) in [5, 5.41) is 11.0. The number of phenolic OH excluding ortho intramolecular Hbond substituents is 1. The highest BCUT2D eigenvalue weighted by Crippen LogP contribution is 2.43. The van der Waals surface area contributed by atoms with E-state index in [-0.39, 0.29) is 10.8 Å². The average Bonchev–Trinajstić information content (AvgIpc) is 2.69. The molecule has 1 N–H and O–H groups in total. The van der Waals surface area contributed by atoms with Crippen LogP contribution in [0, 0.1) is 0 Å². The third-order valence-corrected chi connectivity index (χ3v) is 6.09. The van der Waals surface area contributed by atoms with E-state index in [1.807, 2.05) is 24.3 Å². The number of hydrogen-bond acceptors (Lipinski definition) is 2. The molecule has 3 aromatic rings. The maximum absolute atomic E-state index is 11.0. The molecule has 3 aromatic carbocycles. The summed E-state index contributed by atoms with van der Waals surface area (Å²) in [7, 11) is 0. The zero-order valence-corrected chi connectivity index (χ0v) is 17.4. The van der Waals surface area contributed by atoms with E-state index in [9.17, 15) is 5.11 Å². The maximum atomic E-state index is 11.0. The van der Waals surface area contributed by atoms with Gasteiger partial charge in [-0.2, -0.15) is 12.6 Å². The van der Waals surface area contributed by atoms with Crippen LogP contribution >= 0.6 is 12.6 Å². The highest BCUT2D eigenvalue weighted by atomic mass is 32.1. The van der Waals surface area contributed by atoms with E-state index in [0.29, 0.717) is 11.5 Å². The maximum Gasteiger partial charge on any atom is 0.123 e. The summed E-state index contributed by atoms with van der Waals surface area (Å²) in [4.78, 5) is 0. The number of aromatic hydroxyl groups is 1. The van der Waals surface area contributed by atoms with Crippen LogP contribution in [0.2, 0.25) is 0 Å². The Morgan fingerprint density at radius 1 is 0.704 bits per heavy atom. The van der Waals surface area contributed by atoms with Gasteiger partial charge in [0, 0.05) is 27.7 Å². The van der Waals surface area contributed by atoms with E-state index in [0.717, 1.165) is 11.1 Å². The summed E-state index contributed by atoms with van der Waals surface area (Å²) in [6.07, 6.45) is 0. The molecule has 3 rings (SSSR count). The van der Waals surface area contributed by atoms with Crippen LogP contribution in [0.15, 0.2) is 72.8 Å². The van der Waals surface area contributed by atoms with E-state index < -0.39 is 0 Å². The molecule has 0 bridgehead atoms. The predicted octanol–water partition coefficient (Wildman–Crippen LogP) is 6.47. The lowest BCUT2D eigenvalue weighted by Gasteiger charge is -2.32. The van der Waals surface area contributed by atoms with Crippen LogP contribution in [0.3, 0.4) is 0 Å². The Morgan fingerprint density at radius 2 is 1.19 bits per heavy atom. The molecule has 0 spiro atoms. The van der Waals surface area contributed by atoms with Crippen molar-refractivity contribution in [3.05, 3.63) is 101 Å². The fraction of sp³-hybridized carbons (Fsp3) is 0.280. The Labute approximate surface area is 168 Å². The monoisotopic (exact) mass is 376 g/mol. The third kappa shape index (κ3) is 3.64. The highest BCUT2D eigenvalue weighted by molar-refractivity contribution is 7.79. The largest absolute Gasteiger partial charge is 0.507 e. The lowest BCUT2D eigenvalue weighted by Crippen LogP contribution is -2.23. The van der Waals surface area contributed by atoms with Crippen LogP contribution in [0.25, 0.3) is 0 Å². The summed E-state index contributed by atoms with van der Waals surface area (Å²) in [5.41, 5.74) is 4.96. The first-order valence-corrected chi connectivity index (χ1v) is 10.0. The number of benzene rings is 3. The summed E-state index contributed by atoms with van der Waals surface area (Å²) < 4.78 is 0. The first-order valence-electron chi connectivity index (χ1n) is 9.37. The predicted molar refractivity (Wildman–Crippen MR) is 118 cm³/mol. The standard InChI is InChI=1S/C25H28OS/c1-24(2,19-11-7-5-8-12-19)21-15-18(17-27)23(26)22(16-21)25(3,4)20-13-9-6-10-14-20/h5-16,26-27H,17H2,1-4H3. The van der Waals surface area contributed by atoms with Crippen molar-refractivity contribution in [2.75, 3.05) is 0 Å². The van der Waals surface area contributed by atoms with Crippen molar-refractivity contribution < 1.29 is 5.11 Å². The lowest BCUT2D eigenvalue weighted by molar-refractivity contribution is 0.447. The van der Waals surface area contributed by atoms with Crippen LogP contribution in [-0.2, 0) is 16.6 Å². The second-order valence-electron chi connectivity index (χ2n) is 8.17. The van der Waals surface area contributed by atoms with Gasteiger partial charge in [0.05, 0.1) is 0 Å². The molecular weight excluding hydrogens is 348 g/mol. The summed E-state index contributed by atoms with van der Waals surface area (Å²) in [6, 6.07) is 25.1. The van der Waals surface area contributed by atoms with Gasteiger partial charge < -0.3 is 5.11 Å². The quantitative estimate of drug-likeness (QED) is 0.489. The van der Waals surface area contributed by atoms with Gasteiger partial charge in [-0.05, 0) is 16.7 Å². The average molecular weight is 377 g/mol. The molecular formula is C25H28OS. The molecule has 0 unspecified atom stereocenters. The molecule has 1 nitrogen and oxygen atoms in total. The normalized spacial score (nSPS) is 12.2. The van der Waals surface area contributed by atoms with Gasteiger partial charge in [0.25, 0.3) is 0 Å². The Balaban J connectivity index is 2.21. The van der Waals surface area contributed by atoms with Crippen molar-refractivity contribution in [1.29, 1.82) is 0 Å². The second kappa shape index (κ2) is 7.44. The number of hydrogen-bond donors (Lipinski definition) is 2. The molecule has 0 aliphatic heterocycles. The van der Waals surface area contributed by atoms with Gasteiger partial charge >= 0.3 is 0 Å². The number of thiol groups is 1.